The highest BCUT2D eigenvalue weighted by Crippen LogP contribution is 2.31. The van der Waals surface area contributed by atoms with Crippen LogP contribution in [0.2, 0.25) is 24.2 Å². The highest BCUT2D eigenvalue weighted by Gasteiger charge is 2.27. The third-order valence-electron chi connectivity index (χ3n) is 7.58. The van der Waals surface area contributed by atoms with Crippen molar-refractivity contribution >= 4 is 57.7 Å². The second kappa shape index (κ2) is 31.5. The van der Waals surface area contributed by atoms with Gasteiger partial charge in [0, 0.05) is 0 Å². The van der Waals surface area contributed by atoms with E-state index in [9.17, 15) is 0 Å². The van der Waals surface area contributed by atoms with Crippen molar-refractivity contribution in [2.24, 2.45) is 0 Å². The van der Waals surface area contributed by atoms with Crippen molar-refractivity contribution in [3.8, 4) is 0 Å². The van der Waals surface area contributed by atoms with Gasteiger partial charge in [0.05, 0.1) is 0 Å². The van der Waals surface area contributed by atoms with E-state index in [1.54, 1.807) is 0 Å². The van der Waals surface area contributed by atoms with E-state index in [4.69, 9.17) is 44.3 Å². The third-order valence-corrected chi connectivity index (χ3v) is 16.5. The van der Waals surface area contributed by atoms with Crippen molar-refractivity contribution in [1.82, 2.24) is 0 Å². The highest BCUT2D eigenvalue weighted by atomic mass is 35.7. The van der Waals surface area contributed by atoms with Gasteiger partial charge < -0.3 is 0 Å². The molecule has 0 aromatic heterocycles. The van der Waals surface area contributed by atoms with Gasteiger partial charge in [0.25, 0.3) is 13.4 Å². The lowest BCUT2D eigenvalue weighted by atomic mass is 10.1. The summed E-state index contributed by atoms with van der Waals surface area (Å²) in [6.45, 7) is 5.25. The summed E-state index contributed by atoms with van der Waals surface area (Å²) in [7, 11) is 0. The van der Waals surface area contributed by atoms with Gasteiger partial charge in [-0.25, -0.2) is 0 Å². The molecule has 0 unspecified atom stereocenters. The summed E-state index contributed by atoms with van der Waals surface area (Å²) in [5, 5.41) is 0. The molecule has 0 N–H and O–H groups in total. The maximum atomic E-state index is 6.52. The smallest absolute Gasteiger partial charge is 0.146 e. The number of rotatable bonds is 28. The normalized spacial score (nSPS) is 12.0. The molecule has 0 radical (unpaired) electrons. The average Bonchev–Trinajstić information content (AvgIpc) is 2.88. The van der Waals surface area contributed by atoms with Crippen LogP contribution in [0.25, 0.3) is 0 Å². The van der Waals surface area contributed by atoms with Crippen LogP contribution < -0.4 is 0 Å². The molecule has 38 heavy (non-hydrogen) atoms. The van der Waals surface area contributed by atoms with Crippen LogP contribution in [0.4, 0.5) is 0 Å². The first kappa shape index (κ1) is 41.7. The number of unbranched alkanes of at least 4 members (excludes halogenated alkanes) is 20. The van der Waals surface area contributed by atoms with E-state index in [0.29, 0.717) is 0 Å². The van der Waals surface area contributed by atoms with E-state index >= 15 is 0 Å². The third kappa shape index (κ3) is 35.6. The summed E-state index contributed by atoms with van der Waals surface area (Å²) in [6, 6.07) is 4.43. The van der Waals surface area contributed by atoms with Gasteiger partial charge in [0.15, 0.2) is 0 Å². The molecule has 0 rings (SSSR count). The fraction of sp³-hybridized carbons (Fsp3) is 1.00. The van der Waals surface area contributed by atoms with Crippen LogP contribution in [0, 0.1) is 0 Å². The minimum Gasteiger partial charge on any atom is -0.146 e. The number of halogens is 4. The predicted octanol–water partition coefficient (Wildman–Crippen LogP) is 15.3. The molecule has 0 aliphatic carbocycles. The quantitative estimate of drug-likeness (QED) is 0.0449. The first-order valence-corrected chi connectivity index (χ1v) is 25.9. The molecule has 0 spiro atoms. The van der Waals surface area contributed by atoms with Gasteiger partial charge >= 0.3 is 0 Å². The summed E-state index contributed by atoms with van der Waals surface area (Å²) in [4.78, 5) is 0. The van der Waals surface area contributed by atoms with Crippen molar-refractivity contribution < 1.29 is 0 Å². The zero-order chi connectivity index (χ0) is 28.8. The van der Waals surface area contributed by atoms with Crippen molar-refractivity contribution in [1.29, 1.82) is 0 Å². The molecule has 6 heteroatoms. The van der Waals surface area contributed by atoms with Crippen LogP contribution in [-0.2, 0) is 0 Å². The van der Waals surface area contributed by atoms with Crippen LogP contribution in [0.15, 0.2) is 0 Å². The number of hydrogen-bond donors (Lipinski definition) is 0. The standard InChI is InChI=1S/2C16H34Cl2Si/c2*1-3-5-7-9-11-13-15-19(17,18)16-14-12-10-8-6-4-2/h2*3-16H2,1-2H3. The Labute approximate surface area is 262 Å². The molecule has 0 fully saturated rings. The monoisotopic (exact) mass is 648 g/mol. The number of hydrogen-bond acceptors (Lipinski definition) is 0. The predicted molar refractivity (Wildman–Crippen MR) is 188 cm³/mol. The van der Waals surface area contributed by atoms with Crippen molar-refractivity contribution in [2.75, 3.05) is 0 Å². The van der Waals surface area contributed by atoms with Crippen LogP contribution in [0.1, 0.15) is 182 Å². The van der Waals surface area contributed by atoms with Crippen LogP contribution >= 0.6 is 44.3 Å². The molecule has 0 nitrogen and oxygen atoms in total. The maximum Gasteiger partial charge on any atom is 0.251 e. The lowest BCUT2D eigenvalue weighted by Gasteiger charge is -2.16. The Morgan fingerprint density at radius 2 is 0.421 bits per heavy atom. The Morgan fingerprint density at radius 1 is 0.263 bits per heavy atom. The molecule has 232 valence electrons. The molecule has 0 bridgehead atoms. The van der Waals surface area contributed by atoms with Gasteiger partial charge in [-0.05, 0) is 24.2 Å². The van der Waals surface area contributed by atoms with Gasteiger partial charge in [-0.3, -0.25) is 0 Å². The topological polar surface area (TPSA) is 0 Å². The summed E-state index contributed by atoms with van der Waals surface area (Å²) in [5.41, 5.74) is 0. The molecule has 0 aliphatic rings. The second-order valence-corrected chi connectivity index (χ2v) is 27.0. The Bertz CT molecular complexity index is 371. The van der Waals surface area contributed by atoms with Gasteiger partial charge in [-0.1, -0.05) is 182 Å². The molecule has 0 saturated carbocycles. The van der Waals surface area contributed by atoms with E-state index in [2.05, 4.69) is 27.7 Å². The minimum absolute atomic E-state index is 1.11. The Hall–Kier alpha value is 1.59. The van der Waals surface area contributed by atoms with Crippen LogP contribution in [0.5, 0.6) is 0 Å². The summed E-state index contributed by atoms with van der Waals surface area (Å²) in [6.07, 6.45) is 32.1. The molecule has 0 heterocycles. The van der Waals surface area contributed by atoms with E-state index in [1.807, 2.05) is 0 Å². The Kier molecular flexibility index (Phi) is 34.6. The summed E-state index contributed by atoms with van der Waals surface area (Å²) in [5.74, 6) is 0. The highest BCUT2D eigenvalue weighted by molar-refractivity contribution is 7.45. The minimum atomic E-state index is -1.90. The molecule has 0 amide bonds. The van der Waals surface area contributed by atoms with E-state index in [-0.39, 0.29) is 0 Å². The van der Waals surface area contributed by atoms with Gasteiger partial charge in [-0.2, -0.15) is 0 Å². The first-order chi connectivity index (χ1) is 18.2. The second-order valence-electron chi connectivity index (χ2n) is 11.8. The van der Waals surface area contributed by atoms with Gasteiger partial charge in [0.2, 0.25) is 0 Å². The lowest BCUT2D eigenvalue weighted by molar-refractivity contribution is 0.617. The van der Waals surface area contributed by atoms with Crippen molar-refractivity contribution in [3.05, 3.63) is 0 Å². The average molecular weight is 651 g/mol. The van der Waals surface area contributed by atoms with E-state index < -0.39 is 13.4 Å². The molecular weight excluding hydrogens is 582 g/mol. The summed E-state index contributed by atoms with van der Waals surface area (Å²) >= 11 is 26.1. The van der Waals surface area contributed by atoms with Crippen molar-refractivity contribution in [2.45, 2.75) is 206 Å². The fourth-order valence-electron chi connectivity index (χ4n) is 4.91. The molecule has 0 atom stereocenters. The van der Waals surface area contributed by atoms with Gasteiger partial charge in [-0.15, -0.1) is 44.3 Å². The Balaban J connectivity index is 0. The zero-order valence-electron chi connectivity index (χ0n) is 26.3. The fourth-order valence-corrected chi connectivity index (χ4v) is 11.7. The maximum absolute atomic E-state index is 6.52. The zero-order valence-corrected chi connectivity index (χ0v) is 31.3. The SMILES string of the molecule is CCCCCCCC[Si](Cl)(Cl)CCCCCCCC.CCCCCCCC[Si](Cl)(Cl)CCCCCCCC. The summed E-state index contributed by atoms with van der Waals surface area (Å²) < 4.78 is 0. The van der Waals surface area contributed by atoms with Crippen LogP contribution in [-0.4, -0.2) is 13.4 Å². The van der Waals surface area contributed by atoms with E-state index in [0.717, 1.165) is 24.2 Å². The largest absolute Gasteiger partial charge is 0.251 e. The van der Waals surface area contributed by atoms with Crippen molar-refractivity contribution in [3.63, 3.8) is 0 Å². The van der Waals surface area contributed by atoms with Gasteiger partial charge in [0.1, 0.15) is 0 Å². The lowest BCUT2D eigenvalue weighted by Crippen LogP contribution is -2.18. The molecular formula is C32H68Cl4Si2. The molecule has 0 aromatic carbocycles. The Morgan fingerprint density at radius 3 is 0.605 bits per heavy atom. The van der Waals surface area contributed by atoms with E-state index in [1.165, 1.54) is 154 Å². The van der Waals surface area contributed by atoms with Crippen LogP contribution in [0.3, 0.4) is 0 Å². The molecule has 0 aliphatic heterocycles. The first-order valence-electron chi connectivity index (χ1n) is 17.0. The molecule has 0 aromatic rings. The molecule has 0 saturated heterocycles.